The van der Waals surface area contributed by atoms with Crippen molar-refractivity contribution in [1.29, 1.82) is 0 Å². The van der Waals surface area contributed by atoms with Crippen LogP contribution in [0.25, 0.3) is 0 Å². The number of alkyl halides is 3. The van der Waals surface area contributed by atoms with Crippen molar-refractivity contribution in [2.75, 3.05) is 18.4 Å². The second kappa shape index (κ2) is 6.69. The van der Waals surface area contributed by atoms with Crippen LogP contribution >= 0.6 is 0 Å². The molecular weight excluding hydrogens is 333 g/mol. The van der Waals surface area contributed by atoms with Crippen LogP contribution in [0.4, 0.5) is 18.9 Å². The number of nitrogens with zero attached hydrogens (tertiary/aromatic N) is 1. The van der Waals surface area contributed by atoms with Crippen LogP contribution in [0, 0.1) is 17.8 Å². The molecule has 2 aliphatic rings. The Morgan fingerprint density at radius 1 is 1.08 bits per heavy atom. The summed E-state index contributed by atoms with van der Waals surface area (Å²) in [6, 6.07) is 4.32. The van der Waals surface area contributed by atoms with Crippen LogP contribution in [-0.4, -0.2) is 29.8 Å². The highest BCUT2D eigenvalue weighted by atomic mass is 19.4. The van der Waals surface area contributed by atoms with E-state index in [1.54, 1.807) is 0 Å². The lowest BCUT2D eigenvalue weighted by Crippen LogP contribution is -2.39. The average molecular weight is 354 g/mol. The molecule has 2 fully saturated rings. The minimum atomic E-state index is -4.40. The van der Waals surface area contributed by atoms with Gasteiger partial charge in [-0.3, -0.25) is 9.59 Å². The van der Waals surface area contributed by atoms with Gasteiger partial charge >= 0.3 is 6.18 Å². The molecule has 0 radical (unpaired) electrons. The summed E-state index contributed by atoms with van der Waals surface area (Å²) in [5.74, 6) is -0.318. The number of hydrogen-bond donors (Lipinski definition) is 1. The first-order valence-electron chi connectivity index (χ1n) is 8.52. The molecule has 4 nitrogen and oxygen atoms in total. The molecular formula is C18H21F3N2O2. The van der Waals surface area contributed by atoms with Gasteiger partial charge in [0.15, 0.2) is 0 Å². The monoisotopic (exact) mass is 354 g/mol. The highest BCUT2D eigenvalue weighted by Crippen LogP contribution is 2.41. The van der Waals surface area contributed by atoms with E-state index in [1.165, 1.54) is 12.1 Å². The zero-order valence-corrected chi connectivity index (χ0v) is 14.0. The molecule has 1 heterocycles. The summed E-state index contributed by atoms with van der Waals surface area (Å²) >= 11 is 0. The van der Waals surface area contributed by atoms with E-state index in [2.05, 4.69) is 12.2 Å². The minimum absolute atomic E-state index is 0.0273. The van der Waals surface area contributed by atoms with Gasteiger partial charge in [-0.15, -0.1) is 0 Å². The summed E-state index contributed by atoms with van der Waals surface area (Å²) in [6.07, 6.45) is -1.92. The lowest BCUT2D eigenvalue weighted by Gasteiger charge is -2.30. The number of anilines is 1. The molecule has 1 saturated heterocycles. The number of hydrogen-bond acceptors (Lipinski definition) is 2. The van der Waals surface area contributed by atoms with Gasteiger partial charge < -0.3 is 10.2 Å². The first kappa shape index (κ1) is 17.8. The Morgan fingerprint density at radius 2 is 1.68 bits per heavy atom. The number of halogens is 3. The minimum Gasteiger partial charge on any atom is -0.342 e. The van der Waals surface area contributed by atoms with Crippen molar-refractivity contribution in [1.82, 2.24) is 4.90 Å². The quantitative estimate of drug-likeness (QED) is 0.903. The largest absolute Gasteiger partial charge is 0.416 e. The van der Waals surface area contributed by atoms with Gasteiger partial charge in [0.2, 0.25) is 11.8 Å². The summed E-state index contributed by atoms with van der Waals surface area (Å²) in [4.78, 5) is 26.4. The second-order valence-electron chi connectivity index (χ2n) is 7.02. The van der Waals surface area contributed by atoms with Gasteiger partial charge in [-0.25, -0.2) is 0 Å². The Kier molecular flexibility index (Phi) is 4.75. The van der Waals surface area contributed by atoms with Crippen molar-refractivity contribution < 1.29 is 22.8 Å². The molecule has 2 amide bonds. The Morgan fingerprint density at radius 3 is 2.24 bits per heavy atom. The first-order chi connectivity index (χ1) is 11.8. The van der Waals surface area contributed by atoms with Crippen LogP contribution in [0.2, 0.25) is 0 Å². The van der Waals surface area contributed by atoms with Crippen LogP contribution in [0.15, 0.2) is 24.3 Å². The van der Waals surface area contributed by atoms with E-state index < -0.39 is 11.7 Å². The van der Waals surface area contributed by atoms with E-state index >= 15 is 0 Å². The molecule has 1 aromatic carbocycles. The van der Waals surface area contributed by atoms with Gasteiger partial charge in [-0.2, -0.15) is 13.2 Å². The van der Waals surface area contributed by atoms with Crippen LogP contribution in [0.3, 0.4) is 0 Å². The maximum Gasteiger partial charge on any atom is 0.416 e. The highest BCUT2D eigenvalue weighted by Gasteiger charge is 2.49. The smallest absolute Gasteiger partial charge is 0.342 e. The third kappa shape index (κ3) is 4.14. The fraction of sp³-hybridized carbons (Fsp3) is 0.556. The Labute approximate surface area is 144 Å². The number of amides is 2. The number of benzene rings is 1. The Balaban J connectivity index is 1.52. The van der Waals surface area contributed by atoms with Crippen molar-refractivity contribution in [3.05, 3.63) is 29.8 Å². The summed E-state index contributed by atoms with van der Waals surface area (Å²) < 4.78 is 37.6. The summed E-state index contributed by atoms with van der Waals surface area (Å²) in [6.45, 7) is 3.65. The number of nitrogens with one attached hydrogen (secondary N) is 1. The predicted molar refractivity (Wildman–Crippen MR) is 86.6 cm³/mol. The van der Waals surface area contributed by atoms with E-state index in [9.17, 15) is 22.8 Å². The van der Waals surface area contributed by atoms with Crippen molar-refractivity contribution in [2.24, 2.45) is 17.8 Å². The van der Waals surface area contributed by atoms with Gasteiger partial charge in [-0.1, -0.05) is 6.92 Å². The van der Waals surface area contributed by atoms with Crippen molar-refractivity contribution in [3.63, 3.8) is 0 Å². The van der Waals surface area contributed by atoms with E-state index in [1.807, 2.05) is 4.90 Å². The molecule has 2 atom stereocenters. The number of carbonyl (C=O) groups is 2. The second-order valence-corrected chi connectivity index (χ2v) is 7.02. The summed E-state index contributed by atoms with van der Waals surface area (Å²) in [7, 11) is 0. The fourth-order valence-corrected chi connectivity index (χ4v) is 3.20. The van der Waals surface area contributed by atoms with Crippen molar-refractivity contribution in [3.8, 4) is 0 Å². The van der Waals surface area contributed by atoms with E-state index in [-0.39, 0.29) is 23.7 Å². The zero-order valence-electron chi connectivity index (χ0n) is 14.0. The first-order valence-corrected chi connectivity index (χ1v) is 8.52. The van der Waals surface area contributed by atoms with E-state index in [0.29, 0.717) is 18.0 Å². The van der Waals surface area contributed by atoms with Gasteiger partial charge in [0.05, 0.1) is 17.4 Å². The Hall–Kier alpha value is -2.05. The maximum atomic E-state index is 12.5. The SMILES string of the molecule is CC1CCN(C(=O)C2CC2C(=O)Nc2ccc(C(F)(F)F)cc2)CC1. The van der Waals surface area contributed by atoms with Gasteiger partial charge in [0.1, 0.15) is 0 Å². The van der Waals surface area contributed by atoms with Crippen LogP contribution in [0.1, 0.15) is 31.7 Å². The topological polar surface area (TPSA) is 49.4 Å². The van der Waals surface area contributed by atoms with Crippen molar-refractivity contribution in [2.45, 2.75) is 32.4 Å². The number of carbonyl (C=O) groups excluding carboxylic acids is 2. The molecule has 1 aliphatic carbocycles. The molecule has 2 unspecified atom stereocenters. The lowest BCUT2D eigenvalue weighted by molar-refractivity contribution is -0.137. The fourth-order valence-electron chi connectivity index (χ4n) is 3.20. The highest BCUT2D eigenvalue weighted by molar-refractivity contribution is 5.99. The molecule has 7 heteroatoms. The van der Waals surface area contributed by atoms with Crippen LogP contribution in [0.5, 0.6) is 0 Å². The third-order valence-electron chi connectivity index (χ3n) is 5.02. The molecule has 1 aromatic rings. The van der Waals surface area contributed by atoms with Gasteiger partial charge in [0, 0.05) is 18.8 Å². The molecule has 0 bridgehead atoms. The maximum absolute atomic E-state index is 12.5. The molecule has 3 rings (SSSR count). The average Bonchev–Trinajstić information content (AvgIpc) is 3.35. The molecule has 0 spiro atoms. The number of rotatable bonds is 3. The molecule has 136 valence electrons. The van der Waals surface area contributed by atoms with Gasteiger partial charge in [0.25, 0.3) is 0 Å². The summed E-state index contributed by atoms with van der Waals surface area (Å²) in [5, 5.41) is 2.60. The van der Waals surface area contributed by atoms with Crippen molar-refractivity contribution >= 4 is 17.5 Å². The van der Waals surface area contributed by atoms with Crippen LogP contribution < -0.4 is 5.32 Å². The predicted octanol–water partition coefficient (Wildman–Crippen LogP) is 3.54. The zero-order chi connectivity index (χ0) is 18.2. The molecule has 0 aromatic heterocycles. The third-order valence-corrected chi connectivity index (χ3v) is 5.02. The van der Waals surface area contributed by atoms with Gasteiger partial charge in [-0.05, 0) is 49.4 Å². The molecule has 1 aliphatic heterocycles. The van der Waals surface area contributed by atoms with E-state index in [4.69, 9.17) is 0 Å². The van der Waals surface area contributed by atoms with E-state index in [0.717, 1.165) is 38.1 Å². The lowest BCUT2D eigenvalue weighted by atomic mass is 9.99. The standard InChI is InChI=1S/C18H21F3N2O2/c1-11-6-8-23(9-7-11)17(25)15-10-14(15)16(24)22-13-4-2-12(3-5-13)18(19,20)21/h2-5,11,14-15H,6-10H2,1H3,(H,22,24). The molecule has 1 N–H and O–H groups in total. The van der Waals surface area contributed by atoms with Crippen LogP contribution in [-0.2, 0) is 15.8 Å². The normalized spacial score (nSPS) is 24.1. The number of piperidine rings is 1. The summed E-state index contributed by atoms with van der Waals surface area (Å²) in [5.41, 5.74) is -0.452. The molecule has 25 heavy (non-hydrogen) atoms. The molecule has 1 saturated carbocycles. The Bertz CT molecular complexity index is 649. The number of likely N-dealkylation sites (tertiary alicyclic amines) is 1.